The van der Waals surface area contributed by atoms with Crippen LogP contribution >= 0.6 is 0 Å². The van der Waals surface area contributed by atoms with Crippen LogP contribution in [-0.2, 0) is 4.74 Å². The fourth-order valence-electron chi connectivity index (χ4n) is 2.25. The second kappa shape index (κ2) is 5.04. The van der Waals surface area contributed by atoms with Gasteiger partial charge < -0.3 is 25.2 Å². The molecule has 9 heteroatoms. The van der Waals surface area contributed by atoms with Gasteiger partial charge in [0.25, 0.3) is 0 Å². The van der Waals surface area contributed by atoms with Gasteiger partial charge in [-0.1, -0.05) is 0 Å². The van der Waals surface area contributed by atoms with Crippen LogP contribution in [0.4, 0.5) is 0 Å². The lowest BCUT2D eigenvalue weighted by atomic mass is 9.98. The number of hydrogen-bond acceptors (Lipinski definition) is 8. The second-order valence-electron chi connectivity index (χ2n) is 4.57. The van der Waals surface area contributed by atoms with E-state index in [0.29, 0.717) is 11.2 Å². The molecular weight excluding hydrogens is 268 g/mol. The second-order valence-corrected chi connectivity index (χ2v) is 4.57. The Morgan fingerprint density at radius 1 is 1.10 bits per heavy atom. The van der Waals surface area contributed by atoms with Crippen molar-refractivity contribution in [3.8, 4) is 0 Å². The van der Waals surface area contributed by atoms with E-state index in [1.54, 1.807) is 0 Å². The minimum atomic E-state index is -1.46. The molecule has 20 heavy (non-hydrogen) atoms. The standard InChI is InChI=1S/C11H14N4O5/c16-4-6-7(17)8(18)9(19)11(20-6)15-10-5(3-14-15)12-1-2-13-10/h1-3,6-9,11,16-19H,4H2/t6-,7-,8+,9-,11-/m1/s1. The number of rotatable bonds is 2. The van der Waals surface area contributed by atoms with Crippen molar-refractivity contribution in [2.75, 3.05) is 6.61 Å². The molecule has 1 fully saturated rings. The molecule has 1 aliphatic heterocycles. The zero-order chi connectivity index (χ0) is 14.3. The summed E-state index contributed by atoms with van der Waals surface area (Å²) in [6.07, 6.45) is -1.91. The van der Waals surface area contributed by atoms with Crippen LogP contribution in [-0.4, -0.2) is 71.2 Å². The zero-order valence-corrected chi connectivity index (χ0v) is 10.3. The predicted octanol–water partition coefficient (Wildman–Crippen LogP) is -2.20. The van der Waals surface area contributed by atoms with Crippen molar-refractivity contribution in [2.24, 2.45) is 0 Å². The number of fused-ring (bicyclic) bond motifs is 1. The van der Waals surface area contributed by atoms with Gasteiger partial charge in [-0.05, 0) is 0 Å². The van der Waals surface area contributed by atoms with Crippen LogP contribution in [0.1, 0.15) is 6.23 Å². The van der Waals surface area contributed by atoms with Crippen molar-refractivity contribution >= 4 is 11.2 Å². The molecule has 0 aliphatic carbocycles. The van der Waals surface area contributed by atoms with Crippen LogP contribution in [0.3, 0.4) is 0 Å². The normalized spacial score (nSPS) is 34.5. The molecule has 1 saturated heterocycles. The first-order chi connectivity index (χ1) is 9.63. The van der Waals surface area contributed by atoms with E-state index in [2.05, 4.69) is 15.1 Å². The predicted molar refractivity (Wildman–Crippen MR) is 64.3 cm³/mol. The number of nitrogens with zero attached hydrogens (tertiary/aromatic N) is 4. The maximum absolute atomic E-state index is 10.0. The Kier molecular flexibility index (Phi) is 3.36. The Labute approximate surface area is 113 Å². The quantitative estimate of drug-likeness (QED) is 0.487. The monoisotopic (exact) mass is 282 g/mol. The molecule has 0 bridgehead atoms. The Morgan fingerprint density at radius 2 is 1.85 bits per heavy atom. The van der Waals surface area contributed by atoms with E-state index in [-0.39, 0.29) is 0 Å². The van der Waals surface area contributed by atoms with Crippen LogP contribution < -0.4 is 0 Å². The molecule has 1 aliphatic rings. The van der Waals surface area contributed by atoms with E-state index >= 15 is 0 Å². The summed E-state index contributed by atoms with van der Waals surface area (Å²) in [5.74, 6) is 0. The third-order valence-corrected chi connectivity index (χ3v) is 3.34. The molecule has 0 aromatic carbocycles. The molecule has 3 heterocycles. The highest BCUT2D eigenvalue weighted by molar-refractivity contribution is 5.68. The number of aliphatic hydroxyl groups excluding tert-OH is 4. The van der Waals surface area contributed by atoms with Gasteiger partial charge in [-0.25, -0.2) is 14.6 Å². The van der Waals surface area contributed by atoms with Crippen LogP contribution in [0, 0.1) is 0 Å². The maximum Gasteiger partial charge on any atom is 0.181 e. The van der Waals surface area contributed by atoms with Crippen molar-refractivity contribution in [1.82, 2.24) is 19.7 Å². The summed E-state index contributed by atoms with van der Waals surface area (Å²) in [5, 5.41) is 42.7. The molecule has 0 unspecified atom stereocenters. The van der Waals surface area contributed by atoms with Crippen LogP contribution in [0.5, 0.6) is 0 Å². The first-order valence-corrected chi connectivity index (χ1v) is 6.08. The van der Waals surface area contributed by atoms with Gasteiger partial charge in [0.05, 0.1) is 12.8 Å². The average molecular weight is 282 g/mol. The SMILES string of the molecule is OC[C@H]1O[C@@H](n2ncc3nccnc32)[C@H](O)[C@@H](O)[C@@H]1O. The Hall–Kier alpha value is -1.65. The van der Waals surface area contributed by atoms with Gasteiger partial charge in [-0.2, -0.15) is 5.10 Å². The molecule has 0 spiro atoms. The average Bonchev–Trinajstić information content (AvgIpc) is 2.89. The van der Waals surface area contributed by atoms with Crippen LogP contribution in [0.25, 0.3) is 11.2 Å². The highest BCUT2D eigenvalue weighted by Crippen LogP contribution is 2.29. The summed E-state index contributed by atoms with van der Waals surface area (Å²) in [7, 11) is 0. The van der Waals surface area contributed by atoms with Crippen molar-refractivity contribution < 1.29 is 25.2 Å². The zero-order valence-electron chi connectivity index (χ0n) is 10.3. The molecular formula is C11H14N4O5. The van der Waals surface area contributed by atoms with Gasteiger partial charge in [0, 0.05) is 12.4 Å². The van der Waals surface area contributed by atoms with Crippen molar-refractivity contribution in [2.45, 2.75) is 30.6 Å². The molecule has 5 atom stereocenters. The molecule has 3 rings (SSSR count). The van der Waals surface area contributed by atoms with E-state index in [1.165, 1.54) is 23.3 Å². The van der Waals surface area contributed by atoms with Gasteiger partial charge >= 0.3 is 0 Å². The third-order valence-electron chi connectivity index (χ3n) is 3.34. The molecule has 108 valence electrons. The lowest BCUT2D eigenvalue weighted by Crippen LogP contribution is -2.56. The molecule has 0 amide bonds. The van der Waals surface area contributed by atoms with E-state index in [1.807, 2.05) is 0 Å². The van der Waals surface area contributed by atoms with Crippen LogP contribution in [0.15, 0.2) is 18.6 Å². The van der Waals surface area contributed by atoms with E-state index < -0.39 is 37.3 Å². The lowest BCUT2D eigenvalue weighted by Gasteiger charge is -2.39. The lowest BCUT2D eigenvalue weighted by molar-refractivity contribution is -0.253. The molecule has 9 nitrogen and oxygen atoms in total. The highest BCUT2D eigenvalue weighted by atomic mass is 16.6. The van der Waals surface area contributed by atoms with Gasteiger partial charge in [-0.15, -0.1) is 0 Å². The van der Waals surface area contributed by atoms with Gasteiger partial charge in [-0.3, -0.25) is 0 Å². The van der Waals surface area contributed by atoms with Gasteiger partial charge in [0.15, 0.2) is 11.9 Å². The minimum absolute atomic E-state index is 0.372. The van der Waals surface area contributed by atoms with Crippen molar-refractivity contribution in [3.63, 3.8) is 0 Å². The Balaban J connectivity index is 2.00. The molecule has 0 saturated carbocycles. The van der Waals surface area contributed by atoms with Crippen molar-refractivity contribution in [1.29, 1.82) is 0 Å². The summed E-state index contributed by atoms with van der Waals surface area (Å²) in [6, 6.07) is 0. The smallest absolute Gasteiger partial charge is 0.181 e. The third kappa shape index (κ3) is 1.96. The first kappa shape index (κ1) is 13.3. The first-order valence-electron chi connectivity index (χ1n) is 6.08. The fraction of sp³-hybridized carbons (Fsp3) is 0.545. The number of hydrogen-bond donors (Lipinski definition) is 4. The van der Waals surface area contributed by atoms with Crippen molar-refractivity contribution in [3.05, 3.63) is 18.6 Å². The van der Waals surface area contributed by atoms with Gasteiger partial charge in [0.2, 0.25) is 0 Å². The highest BCUT2D eigenvalue weighted by Gasteiger charge is 2.45. The van der Waals surface area contributed by atoms with E-state index in [0.717, 1.165) is 0 Å². The van der Waals surface area contributed by atoms with E-state index in [4.69, 9.17) is 9.84 Å². The molecule has 2 aromatic heterocycles. The fourth-order valence-corrected chi connectivity index (χ4v) is 2.25. The summed E-state index contributed by atoms with van der Waals surface area (Å²) < 4.78 is 6.67. The Morgan fingerprint density at radius 3 is 2.60 bits per heavy atom. The largest absolute Gasteiger partial charge is 0.394 e. The summed E-state index contributed by atoms with van der Waals surface area (Å²) >= 11 is 0. The number of ether oxygens (including phenoxy) is 1. The summed E-state index contributed by atoms with van der Waals surface area (Å²) in [6.45, 7) is -0.494. The minimum Gasteiger partial charge on any atom is -0.394 e. The number of aliphatic hydroxyl groups is 4. The maximum atomic E-state index is 10.0. The molecule has 2 aromatic rings. The molecule has 0 radical (unpaired) electrons. The summed E-state index contributed by atoms with van der Waals surface area (Å²) in [5.41, 5.74) is 0.876. The van der Waals surface area contributed by atoms with Gasteiger partial charge in [0.1, 0.15) is 29.9 Å². The van der Waals surface area contributed by atoms with E-state index in [9.17, 15) is 15.3 Å². The topological polar surface area (TPSA) is 134 Å². The number of aromatic nitrogens is 4. The Bertz CT molecular complexity index is 603. The molecule has 4 N–H and O–H groups in total. The summed E-state index contributed by atoms with van der Waals surface area (Å²) in [4.78, 5) is 8.14. The van der Waals surface area contributed by atoms with Crippen LogP contribution in [0.2, 0.25) is 0 Å².